The van der Waals surface area contributed by atoms with E-state index in [0.717, 1.165) is 23.4 Å². The minimum absolute atomic E-state index is 0.00285. The van der Waals surface area contributed by atoms with Crippen molar-refractivity contribution in [3.8, 4) is 0 Å². The second-order valence-corrected chi connectivity index (χ2v) is 7.97. The summed E-state index contributed by atoms with van der Waals surface area (Å²) in [6.45, 7) is 0.798. The lowest BCUT2D eigenvalue weighted by molar-refractivity contribution is -0.143. The van der Waals surface area contributed by atoms with Crippen LogP contribution in [0.15, 0.2) is 45.4 Å². The second-order valence-electron chi connectivity index (χ2n) is 7.02. The Kier molecular flexibility index (Phi) is 5.59. The maximum absolute atomic E-state index is 13.1. The molecule has 0 saturated heterocycles. The molecule has 1 aliphatic heterocycles. The highest BCUT2D eigenvalue weighted by Gasteiger charge is 2.38. The molecule has 0 bridgehead atoms. The maximum atomic E-state index is 13.1. The average Bonchev–Trinajstić information content (AvgIpc) is 3.13. The van der Waals surface area contributed by atoms with E-state index < -0.39 is 0 Å². The number of hydrogen-bond donors (Lipinski definition) is 0. The molecule has 0 aromatic carbocycles. The summed E-state index contributed by atoms with van der Waals surface area (Å²) < 4.78 is 10.7. The van der Waals surface area contributed by atoms with Gasteiger partial charge in [-0.3, -0.25) is 9.59 Å². The predicted octanol–water partition coefficient (Wildman–Crippen LogP) is 2.90. The Morgan fingerprint density at radius 1 is 1.36 bits per heavy atom. The van der Waals surface area contributed by atoms with E-state index in [1.165, 1.54) is 5.01 Å². The van der Waals surface area contributed by atoms with Gasteiger partial charge in [-0.1, -0.05) is 6.07 Å². The highest BCUT2D eigenvalue weighted by atomic mass is 32.1. The minimum atomic E-state index is -0.292. The largest absolute Gasteiger partial charge is 0.467 e. The number of methoxy groups -OCH3 is 1. The highest BCUT2D eigenvalue weighted by molar-refractivity contribution is 7.12. The van der Waals surface area contributed by atoms with Gasteiger partial charge in [-0.05, 0) is 36.4 Å². The van der Waals surface area contributed by atoms with Crippen LogP contribution in [0.1, 0.15) is 35.9 Å². The number of hydrogen-bond acceptors (Lipinski definition) is 6. The Hall–Kier alpha value is -2.45. The van der Waals surface area contributed by atoms with Crippen molar-refractivity contribution < 1.29 is 18.7 Å². The van der Waals surface area contributed by atoms with E-state index in [1.807, 2.05) is 29.6 Å². The fraction of sp³-hybridized carbons (Fsp3) is 0.450. The third-order valence-corrected chi connectivity index (χ3v) is 5.89. The molecule has 2 aromatic rings. The van der Waals surface area contributed by atoms with Gasteiger partial charge in [0.05, 0.1) is 23.5 Å². The van der Waals surface area contributed by atoms with Crippen LogP contribution in [-0.2, 0) is 14.3 Å². The first-order valence-electron chi connectivity index (χ1n) is 9.42. The lowest BCUT2D eigenvalue weighted by Gasteiger charge is -2.26. The number of carbonyl (C=O) groups excluding carboxylic acids is 2. The van der Waals surface area contributed by atoms with E-state index in [4.69, 9.17) is 9.15 Å². The topological polar surface area (TPSA) is 75.3 Å². The van der Waals surface area contributed by atoms with Crippen LogP contribution in [0.5, 0.6) is 0 Å². The molecule has 148 valence electrons. The van der Waals surface area contributed by atoms with E-state index in [1.54, 1.807) is 29.6 Å². The quantitative estimate of drug-likeness (QED) is 0.682. The molecular weight excluding hydrogens is 378 g/mol. The molecule has 0 radical (unpaired) electrons. The summed E-state index contributed by atoms with van der Waals surface area (Å²) in [5.41, 5.74) is 0.863. The molecule has 8 heteroatoms. The van der Waals surface area contributed by atoms with Crippen molar-refractivity contribution in [3.05, 3.63) is 46.5 Å². The molecule has 1 fully saturated rings. The van der Waals surface area contributed by atoms with Crippen molar-refractivity contribution in [2.24, 2.45) is 11.0 Å². The molecule has 2 aliphatic rings. The Labute approximate surface area is 167 Å². The number of amides is 2. The summed E-state index contributed by atoms with van der Waals surface area (Å²) in [6.07, 6.45) is 3.99. The standard InChI is InChI=1S/C20H23N3O4S/c1-26-10-8-22(20(25)14-6-7-14)13-19(24)23-16(17-4-2-9-27-17)12-15(21-23)18-5-3-11-28-18/h2-5,9,11,14,16H,6-8,10,12-13H2,1H3/t16-/m0/s1. The van der Waals surface area contributed by atoms with Crippen LogP contribution >= 0.6 is 11.3 Å². The van der Waals surface area contributed by atoms with Gasteiger partial charge >= 0.3 is 0 Å². The molecule has 2 amide bonds. The molecule has 28 heavy (non-hydrogen) atoms. The van der Waals surface area contributed by atoms with Crippen LogP contribution in [-0.4, -0.2) is 54.2 Å². The Morgan fingerprint density at radius 2 is 2.21 bits per heavy atom. The van der Waals surface area contributed by atoms with E-state index in [2.05, 4.69) is 5.10 Å². The van der Waals surface area contributed by atoms with E-state index in [9.17, 15) is 9.59 Å². The summed E-state index contributed by atoms with van der Waals surface area (Å²) in [7, 11) is 1.59. The summed E-state index contributed by atoms with van der Waals surface area (Å²) >= 11 is 1.59. The summed E-state index contributed by atoms with van der Waals surface area (Å²) in [5, 5.41) is 8.07. The molecule has 7 nitrogen and oxygen atoms in total. The maximum Gasteiger partial charge on any atom is 0.262 e. The third kappa shape index (κ3) is 4.02. The van der Waals surface area contributed by atoms with Gasteiger partial charge in [0.2, 0.25) is 5.91 Å². The van der Waals surface area contributed by atoms with Crippen LogP contribution in [0.3, 0.4) is 0 Å². The zero-order valence-corrected chi connectivity index (χ0v) is 16.6. The fourth-order valence-electron chi connectivity index (χ4n) is 3.33. The summed E-state index contributed by atoms with van der Waals surface area (Å²) in [5.74, 6) is 0.564. The first-order chi connectivity index (χ1) is 13.7. The number of rotatable bonds is 8. The number of hydrazone groups is 1. The van der Waals surface area contributed by atoms with Crippen molar-refractivity contribution in [1.82, 2.24) is 9.91 Å². The van der Waals surface area contributed by atoms with Gasteiger partial charge in [-0.15, -0.1) is 11.3 Å². The van der Waals surface area contributed by atoms with Crippen LogP contribution in [0.25, 0.3) is 0 Å². The van der Waals surface area contributed by atoms with Crippen molar-refractivity contribution in [1.29, 1.82) is 0 Å². The zero-order valence-electron chi connectivity index (χ0n) is 15.7. The number of ether oxygens (including phenoxy) is 1. The molecule has 1 aliphatic carbocycles. The van der Waals surface area contributed by atoms with Crippen LogP contribution in [0.4, 0.5) is 0 Å². The Balaban J connectivity index is 1.54. The van der Waals surface area contributed by atoms with E-state index in [-0.39, 0.29) is 30.3 Å². The number of thiophene rings is 1. The summed E-state index contributed by atoms with van der Waals surface area (Å²) in [6, 6.07) is 7.34. The molecule has 4 rings (SSSR count). The van der Waals surface area contributed by atoms with Crippen molar-refractivity contribution in [2.75, 3.05) is 26.8 Å². The fourth-order valence-corrected chi connectivity index (χ4v) is 4.05. The van der Waals surface area contributed by atoms with Gasteiger partial charge in [-0.2, -0.15) is 5.10 Å². The van der Waals surface area contributed by atoms with Crippen molar-refractivity contribution >= 4 is 28.9 Å². The molecule has 0 spiro atoms. The van der Waals surface area contributed by atoms with Crippen molar-refractivity contribution in [2.45, 2.75) is 25.3 Å². The van der Waals surface area contributed by atoms with E-state index >= 15 is 0 Å². The Bertz CT molecular complexity index is 843. The Morgan fingerprint density at radius 3 is 2.86 bits per heavy atom. The van der Waals surface area contributed by atoms with Crippen LogP contribution < -0.4 is 0 Å². The van der Waals surface area contributed by atoms with Gasteiger partial charge in [0, 0.05) is 26.0 Å². The molecule has 3 heterocycles. The second kappa shape index (κ2) is 8.28. The van der Waals surface area contributed by atoms with Gasteiger partial charge in [-0.25, -0.2) is 5.01 Å². The van der Waals surface area contributed by atoms with Gasteiger partial charge in [0.1, 0.15) is 18.3 Å². The molecule has 0 N–H and O–H groups in total. The van der Waals surface area contributed by atoms with Gasteiger partial charge < -0.3 is 14.1 Å². The SMILES string of the molecule is COCCN(CC(=O)N1N=C(c2cccs2)C[C@H]1c1ccco1)C(=O)C1CC1. The molecule has 2 aromatic heterocycles. The molecule has 0 unspecified atom stereocenters. The van der Waals surface area contributed by atoms with Crippen LogP contribution in [0, 0.1) is 5.92 Å². The molecule has 1 saturated carbocycles. The average molecular weight is 401 g/mol. The lowest BCUT2D eigenvalue weighted by atomic mass is 10.1. The number of carbonyl (C=O) groups is 2. The summed E-state index contributed by atoms with van der Waals surface area (Å²) in [4.78, 5) is 28.3. The number of furan rings is 1. The predicted molar refractivity (Wildman–Crippen MR) is 105 cm³/mol. The monoisotopic (exact) mass is 401 g/mol. The molecule has 1 atom stereocenters. The van der Waals surface area contributed by atoms with Gasteiger partial charge in [0.15, 0.2) is 0 Å². The third-order valence-electron chi connectivity index (χ3n) is 4.97. The first kappa shape index (κ1) is 18.9. The first-order valence-corrected chi connectivity index (χ1v) is 10.3. The smallest absolute Gasteiger partial charge is 0.262 e. The minimum Gasteiger partial charge on any atom is -0.467 e. The highest BCUT2D eigenvalue weighted by Crippen LogP contribution is 2.35. The lowest BCUT2D eigenvalue weighted by Crippen LogP contribution is -2.43. The number of nitrogens with zero attached hydrogens (tertiary/aromatic N) is 3. The molecular formula is C20H23N3O4S. The zero-order chi connectivity index (χ0) is 19.5. The normalized spacial score (nSPS) is 19.0. The van der Waals surface area contributed by atoms with Gasteiger partial charge in [0.25, 0.3) is 5.91 Å². The van der Waals surface area contributed by atoms with Crippen LogP contribution in [0.2, 0.25) is 0 Å². The van der Waals surface area contributed by atoms with E-state index in [0.29, 0.717) is 25.3 Å². The van der Waals surface area contributed by atoms with Crippen molar-refractivity contribution in [3.63, 3.8) is 0 Å².